The molecule has 0 saturated carbocycles. The monoisotopic (exact) mass is 830 g/mol. The number of pyridine rings is 1. The summed E-state index contributed by atoms with van der Waals surface area (Å²) in [6.07, 6.45) is 1.67. The van der Waals surface area contributed by atoms with Crippen molar-refractivity contribution in [3.63, 3.8) is 0 Å². The van der Waals surface area contributed by atoms with Gasteiger partial charge in [-0.3, -0.25) is 9.55 Å². The highest BCUT2D eigenvalue weighted by atomic mass is 16.3. The fraction of sp³-hybridized carbons (Fsp3) is 0.186. The number of phenolic OH excluding ortho intramolecular Hbond substituents is 1. The largest absolute Gasteiger partial charge is 0.507 e. The van der Waals surface area contributed by atoms with Gasteiger partial charge < -0.3 is 5.11 Å². The van der Waals surface area contributed by atoms with E-state index in [0.717, 1.165) is 72.4 Å². The quantitative estimate of drug-likeness (QED) is 0.174. The van der Waals surface area contributed by atoms with Gasteiger partial charge in [0.15, 0.2) is 0 Å². The number of para-hydroxylation sites is 1. The van der Waals surface area contributed by atoms with E-state index in [4.69, 9.17) is 22.3 Å². The average molecular weight is 831 g/mol. The van der Waals surface area contributed by atoms with Crippen LogP contribution >= 0.6 is 0 Å². The van der Waals surface area contributed by atoms with E-state index in [0.29, 0.717) is 28.2 Å². The van der Waals surface area contributed by atoms with Crippen molar-refractivity contribution >= 4 is 11.0 Å². The van der Waals surface area contributed by atoms with Crippen molar-refractivity contribution in [2.75, 3.05) is 0 Å². The molecule has 0 unspecified atom stereocenters. The summed E-state index contributed by atoms with van der Waals surface area (Å²) in [5.74, 6) is 0.744. The molecule has 0 radical (unpaired) electrons. The van der Waals surface area contributed by atoms with Crippen LogP contribution in [0, 0.1) is 20.8 Å². The number of imidazole rings is 1. The summed E-state index contributed by atoms with van der Waals surface area (Å²) in [5.41, 5.74) is 12.1. The van der Waals surface area contributed by atoms with Crippen LogP contribution in [0.3, 0.4) is 0 Å². The second-order valence-electron chi connectivity index (χ2n) is 17.7. The number of benzene rings is 7. The molecule has 2 heterocycles. The highest BCUT2D eigenvalue weighted by Gasteiger charge is 2.24. The lowest BCUT2D eigenvalue weighted by molar-refractivity contribution is 0.472. The van der Waals surface area contributed by atoms with Crippen molar-refractivity contribution in [1.29, 1.82) is 0 Å². The van der Waals surface area contributed by atoms with E-state index in [2.05, 4.69) is 117 Å². The molecule has 0 spiro atoms. The van der Waals surface area contributed by atoms with E-state index >= 15 is 0 Å². The minimum atomic E-state index is -3.37. The highest BCUT2D eigenvalue weighted by molar-refractivity contribution is 5.98. The SMILES string of the molecule is [2H]C([2H])([2H])C(c1ccc(-c2ccnc(-c3cc(-c4ccccc4)cc(-c4cccc5c4nc(-c4cc(C)cc(C)c4O)n5-c4ccc(C)cc4-c4ccc(C(C)(C)C)cc4)c3)c2)cc1)(C([2H])([2H])[2H])C([2H])([2H])[2H]. The molecule has 2 aromatic heterocycles. The minimum Gasteiger partial charge on any atom is -0.507 e. The van der Waals surface area contributed by atoms with Crippen LogP contribution in [0.2, 0.25) is 0 Å². The van der Waals surface area contributed by atoms with Crippen LogP contribution in [0.15, 0.2) is 164 Å². The van der Waals surface area contributed by atoms with E-state index < -0.39 is 26.0 Å². The number of aromatic nitrogens is 3. The van der Waals surface area contributed by atoms with Gasteiger partial charge in [0.1, 0.15) is 11.6 Å². The fourth-order valence-electron chi connectivity index (χ4n) is 8.52. The molecule has 0 bridgehead atoms. The molecule has 0 amide bonds. The second-order valence-corrected chi connectivity index (χ2v) is 17.7. The van der Waals surface area contributed by atoms with Gasteiger partial charge in [-0.15, -0.1) is 0 Å². The summed E-state index contributed by atoms with van der Waals surface area (Å²) in [5, 5.41) is 11.8. The number of hydrogen-bond acceptors (Lipinski definition) is 3. The predicted octanol–water partition coefficient (Wildman–Crippen LogP) is 15.6. The van der Waals surface area contributed by atoms with Crippen molar-refractivity contribution in [2.45, 2.75) is 72.9 Å². The zero-order chi connectivity index (χ0) is 51.7. The van der Waals surface area contributed by atoms with Gasteiger partial charge in [0.25, 0.3) is 0 Å². The van der Waals surface area contributed by atoms with E-state index in [1.807, 2.05) is 56.3 Å². The Morgan fingerprint density at radius 2 is 1.16 bits per heavy atom. The number of aromatic hydroxyl groups is 1. The molecule has 0 atom stereocenters. The Balaban J connectivity index is 1.24. The Labute approximate surface area is 385 Å². The third-order valence-corrected chi connectivity index (χ3v) is 11.9. The van der Waals surface area contributed by atoms with Gasteiger partial charge in [-0.25, -0.2) is 4.98 Å². The molecule has 9 rings (SSSR count). The van der Waals surface area contributed by atoms with Crippen molar-refractivity contribution in [2.24, 2.45) is 0 Å². The van der Waals surface area contributed by atoms with Gasteiger partial charge in [-0.2, -0.15) is 0 Å². The Morgan fingerprint density at radius 1 is 0.508 bits per heavy atom. The maximum Gasteiger partial charge on any atom is 0.149 e. The van der Waals surface area contributed by atoms with E-state index in [9.17, 15) is 5.11 Å². The van der Waals surface area contributed by atoms with Crippen molar-refractivity contribution in [3.8, 4) is 78.6 Å². The maximum atomic E-state index is 11.8. The van der Waals surface area contributed by atoms with Gasteiger partial charge in [-0.1, -0.05) is 150 Å². The first kappa shape index (κ1) is 31.8. The van der Waals surface area contributed by atoms with Crippen molar-refractivity contribution in [3.05, 3.63) is 192 Å². The Kier molecular flexibility index (Phi) is 8.07. The standard InChI is InChI=1S/C59H55N3O/c1-37-18-27-53(50(31-37)42-21-25-48(26-22-42)59(7,8)9)62-54-17-13-16-49(55(54)61-57(62)51-32-38(2)30-39(3)56(51)63)45-33-44(40-14-11-10-12-15-40)34-46(35-45)52-36-43(28-29-60-52)41-19-23-47(24-20-41)58(4,5)6/h10-36,63H,1-9H3/i4D3,5D3,6D3. The Morgan fingerprint density at radius 3 is 1.87 bits per heavy atom. The van der Waals surface area contributed by atoms with E-state index in [-0.39, 0.29) is 16.7 Å². The molecular formula is C59H55N3O. The molecule has 4 nitrogen and oxygen atoms in total. The lowest BCUT2D eigenvalue weighted by atomic mass is 9.86. The second kappa shape index (κ2) is 16.0. The summed E-state index contributed by atoms with van der Waals surface area (Å²) in [6.45, 7) is 2.52. The van der Waals surface area contributed by atoms with Crippen LogP contribution < -0.4 is 0 Å². The maximum absolute atomic E-state index is 11.8. The lowest BCUT2D eigenvalue weighted by Gasteiger charge is -2.20. The Hall–Kier alpha value is -7.04. The molecule has 0 aliphatic rings. The van der Waals surface area contributed by atoms with Gasteiger partial charge in [0.05, 0.1) is 28.0 Å². The molecule has 312 valence electrons. The fourth-order valence-corrected chi connectivity index (χ4v) is 8.52. The van der Waals surface area contributed by atoms with Gasteiger partial charge in [-0.05, 0) is 142 Å². The third-order valence-electron chi connectivity index (χ3n) is 11.9. The number of fused-ring (bicyclic) bond motifs is 1. The van der Waals surface area contributed by atoms with E-state index in [1.165, 1.54) is 17.7 Å². The summed E-state index contributed by atoms with van der Waals surface area (Å²) < 4.78 is 76.0. The summed E-state index contributed by atoms with van der Waals surface area (Å²) in [4.78, 5) is 10.3. The Bertz CT molecular complexity index is 3460. The van der Waals surface area contributed by atoms with Crippen LogP contribution in [-0.4, -0.2) is 19.6 Å². The molecule has 0 aliphatic carbocycles. The average Bonchev–Trinajstić information content (AvgIpc) is 3.71. The van der Waals surface area contributed by atoms with Crippen LogP contribution in [0.5, 0.6) is 5.75 Å². The van der Waals surface area contributed by atoms with Crippen LogP contribution in [0.1, 0.15) is 81.5 Å². The van der Waals surface area contributed by atoms with Gasteiger partial charge in [0.2, 0.25) is 0 Å². The zero-order valence-corrected chi connectivity index (χ0v) is 36.4. The molecule has 7 aromatic carbocycles. The van der Waals surface area contributed by atoms with Crippen molar-refractivity contribution < 1.29 is 17.4 Å². The molecule has 4 heteroatoms. The molecule has 0 fully saturated rings. The third kappa shape index (κ3) is 8.10. The summed E-state index contributed by atoms with van der Waals surface area (Å²) in [6, 6.07) is 51.0. The molecule has 63 heavy (non-hydrogen) atoms. The summed E-state index contributed by atoms with van der Waals surface area (Å²) >= 11 is 0. The van der Waals surface area contributed by atoms with Gasteiger partial charge >= 0.3 is 0 Å². The first-order chi connectivity index (χ1) is 33.9. The topological polar surface area (TPSA) is 50.9 Å². The molecule has 9 aromatic rings. The first-order valence-corrected chi connectivity index (χ1v) is 21.2. The molecule has 1 N–H and O–H groups in total. The number of hydrogen-bond donors (Lipinski definition) is 1. The van der Waals surface area contributed by atoms with Crippen LogP contribution in [0.25, 0.3) is 83.9 Å². The zero-order valence-electron chi connectivity index (χ0n) is 45.4. The van der Waals surface area contributed by atoms with Gasteiger partial charge in [0, 0.05) is 35.2 Å². The normalized spacial score (nSPS) is 14.7. The first-order valence-electron chi connectivity index (χ1n) is 25.7. The lowest BCUT2D eigenvalue weighted by Crippen LogP contribution is -2.10. The highest BCUT2D eigenvalue weighted by Crippen LogP contribution is 2.43. The smallest absolute Gasteiger partial charge is 0.149 e. The van der Waals surface area contributed by atoms with Crippen LogP contribution in [0.4, 0.5) is 0 Å². The van der Waals surface area contributed by atoms with Crippen LogP contribution in [-0.2, 0) is 10.8 Å². The minimum absolute atomic E-state index is 0.0191. The van der Waals surface area contributed by atoms with Crippen molar-refractivity contribution in [1.82, 2.24) is 14.5 Å². The number of rotatable bonds is 7. The molecule has 0 aliphatic heterocycles. The number of phenols is 1. The number of nitrogens with zero attached hydrogens (tertiary/aromatic N) is 3. The molecular weight excluding hydrogens is 767 g/mol. The summed E-state index contributed by atoms with van der Waals surface area (Å²) in [7, 11) is 0. The predicted molar refractivity (Wildman–Crippen MR) is 265 cm³/mol. The molecule has 0 saturated heterocycles. The number of aryl methyl sites for hydroxylation is 3. The van der Waals surface area contributed by atoms with E-state index in [1.54, 1.807) is 24.4 Å².